The lowest BCUT2D eigenvalue weighted by molar-refractivity contribution is -0.142. The molecule has 2 saturated heterocycles. The SMILES string of the molecule is CC(=O)N1CCCC[C@@H]2[C@H]1[C@@H](c1ccccc1)CCN2C(=O)Cc1cccnc1. The van der Waals surface area contributed by atoms with Gasteiger partial charge in [0.1, 0.15) is 0 Å². The smallest absolute Gasteiger partial charge is 0.227 e. The lowest BCUT2D eigenvalue weighted by atomic mass is 9.78. The first-order valence-electron chi connectivity index (χ1n) is 10.7. The second kappa shape index (κ2) is 8.76. The van der Waals surface area contributed by atoms with Gasteiger partial charge in [-0.25, -0.2) is 0 Å². The van der Waals surface area contributed by atoms with Crippen molar-refractivity contribution in [1.29, 1.82) is 0 Å². The van der Waals surface area contributed by atoms with Gasteiger partial charge in [0.2, 0.25) is 11.8 Å². The average molecular weight is 392 g/mol. The van der Waals surface area contributed by atoms with Crippen LogP contribution in [0.3, 0.4) is 0 Å². The Morgan fingerprint density at radius 3 is 2.55 bits per heavy atom. The molecular weight excluding hydrogens is 362 g/mol. The van der Waals surface area contributed by atoms with Gasteiger partial charge in [-0.1, -0.05) is 36.4 Å². The van der Waals surface area contributed by atoms with Crippen molar-refractivity contribution < 1.29 is 9.59 Å². The number of carbonyl (C=O) groups is 2. The highest BCUT2D eigenvalue weighted by Crippen LogP contribution is 2.39. The van der Waals surface area contributed by atoms with E-state index in [0.717, 1.165) is 44.3 Å². The van der Waals surface area contributed by atoms with Gasteiger partial charge in [0, 0.05) is 38.3 Å². The molecule has 0 aliphatic carbocycles. The molecule has 0 unspecified atom stereocenters. The third-order valence-corrected chi connectivity index (χ3v) is 6.43. The van der Waals surface area contributed by atoms with Gasteiger partial charge in [-0.3, -0.25) is 14.6 Å². The molecule has 2 aromatic rings. The zero-order valence-electron chi connectivity index (χ0n) is 17.0. The largest absolute Gasteiger partial charge is 0.337 e. The first-order chi connectivity index (χ1) is 14.1. The Balaban J connectivity index is 1.65. The molecule has 1 aromatic carbocycles. The van der Waals surface area contributed by atoms with Crippen LogP contribution in [0, 0.1) is 0 Å². The maximum atomic E-state index is 13.2. The van der Waals surface area contributed by atoms with Gasteiger partial charge in [0.15, 0.2) is 0 Å². The Bertz CT molecular complexity index is 840. The number of likely N-dealkylation sites (tertiary alicyclic amines) is 2. The summed E-state index contributed by atoms with van der Waals surface area (Å²) in [5.41, 5.74) is 2.21. The number of aromatic nitrogens is 1. The van der Waals surface area contributed by atoms with Crippen LogP contribution >= 0.6 is 0 Å². The fourth-order valence-corrected chi connectivity index (χ4v) is 5.12. The number of carbonyl (C=O) groups excluding carboxylic acids is 2. The van der Waals surface area contributed by atoms with Gasteiger partial charge >= 0.3 is 0 Å². The summed E-state index contributed by atoms with van der Waals surface area (Å²) in [5.74, 6) is 0.528. The van der Waals surface area contributed by atoms with Crippen molar-refractivity contribution in [3.05, 3.63) is 66.0 Å². The molecule has 5 heteroatoms. The lowest BCUT2D eigenvalue weighted by Crippen LogP contribution is -2.60. The van der Waals surface area contributed by atoms with E-state index in [1.807, 2.05) is 23.1 Å². The minimum absolute atomic E-state index is 0.0454. The Morgan fingerprint density at radius 2 is 1.83 bits per heavy atom. The molecule has 2 amide bonds. The van der Waals surface area contributed by atoms with Crippen LogP contribution in [0.5, 0.6) is 0 Å². The normalized spacial score (nSPS) is 24.5. The highest BCUT2D eigenvalue weighted by molar-refractivity contribution is 5.80. The Hall–Kier alpha value is -2.69. The molecule has 0 saturated carbocycles. The van der Waals surface area contributed by atoms with E-state index in [0.29, 0.717) is 6.42 Å². The minimum atomic E-state index is 0.0454. The van der Waals surface area contributed by atoms with Gasteiger partial charge in [-0.15, -0.1) is 0 Å². The summed E-state index contributed by atoms with van der Waals surface area (Å²) in [6.45, 7) is 3.19. The molecule has 3 atom stereocenters. The quantitative estimate of drug-likeness (QED) is 0.806. The van der Waals surface area contributed by atoms with E-state index < -0.39 is 0 Å². The first kappa shape index (κ1) is 19.6. The van der Waals surface area contributed by atoms with Crippen molar-refractivity contribution >= 4 is 11.8 Å². The number of pyridine rings is 1. The van der Waals surface area contributed by atoms with Crippen LogP contribution in [0.1, 0.15) is 49.7 Å². The van der Waals surface area contributed by atoms with Gasteiger partial charge < -0.3 is 9.80 Å². The summed E-state index contributed by atoms with van der Waals surface area (Å²) >= 11 is 0. The summed E-state index contributed by atoms with van der Waals surface area (Å²) in [4.78, 5) is 34.1. The Kier molecular flexibility index (Phi) is 5.93. The molecule has 0 radical (unpaired) electrons. The standard InChI is InChI=1S/C24H29N3O2/c1-18(28)26-14-6-5-11-22-24(26)21(20-9-3-2-4-10-20)12-15-27(22)23(29)16-19-8-7-13-25-17-19/h2-4,7-10,13,17,21-22,24H,5-6,11-12,14-16H2,1H3/t21-,22-,24-/m1/s1. The third-order valence-electron chi connectivity index (χ3n) is 6.43. The van der Waals surface area contributed by atoms with Crippen LogP contribution in [-0.2, 0) is 16.0 Å². The van der Waals surface area contributed by atoms with Crippen molar-refractivity contribution in [1.82, 2.24) is 14.8 Å². The van der Waals surface area contributed by atoms with Crippen molar-refractivity contribution in [2.75, 3.05) is 13.1 Å². The molecule has 152 valence electrons. The van der Waals surface area contributed by atoms with E-state index in [-0.39, 0.29) is 29.8 Å². The summed E-state index contributed by atoms with van der Waals surface area (Å²) < 4.78 is 0. The van der Waals surface area contributed by atoms with Crippen LogP contribution < -0.4 is 0 Å². The first-order valence-corrected chi connectivity index (χ1v) is 10.7. The van der Waals surface area contributed by atoms with E-state index in [2.05, 4.69) is 34.1 Å². The molecule has 2 fully saturated rings. The summed E-state index contributed by atoms with van der Waals surface area (Å²) in [5, 5.41) is 0. The Morgan fingerprint density at radius 1 is 1.00 bits per heavy atom. The van der Waals surface area contributed by atoms with E-state index in [1.165, 1.54) is 5.56 Å². The maximum absolute atomic E-state index is 13.2. The second-order valence-electron chi connectivity index (χ2n) is 8.20. The second-order valence-corrected chi connectivity index (χ2v) is 8.20. The van der Waals surface area contributed by atoms with Crippen LogP contribution in [-0.4, -0.2) is 51.8 Å². The molecule has 5 nitrogen and oxygen atoms in total. The zero-order chi connectivity index (χ0) is 20.2. The topological polar surface area (TPSA) is 53.5 Å². The van der Waals surface area contributed by atoms with Gasteiger partial charge in [-0.05, 0) is 42.9 Å². The predicted molar refractivity (Wildman–Crippen MR) is 112 cm³/mol. The number of fused-ring (bicyclic) bond motifs is 1. The van der Waals surface area contributed by atoms with Crippen LogP contribution in [0.2, 0.25) is 0 Å². The summed E-state index contributed by atoms with van der Waals surface area (Å²) in [6, 6.07) is 14.4. The molecular formula is C24H29N3O2. The van der Waals surface area contributed by atoms with Crippen LogP contribution in [0.4, 0.5) is 0 Å². The minimum Gasteiger partial charge on any atom is -0.337 e. The Labute approximate surface area is 172 Å². The van der Waals surface area contributed by atoms with E-state index in [4.69, 9.17) is 0 Å². The number of rotatable bonds is 3. The van der Waals surface area contributed by atoms with Crippen LogP contribution in [0.15, 0.2) is 54.9 Å². The number of nitrogens with zero attached hydrogens (tertiary/aromatic N) is 3. The van der Waals surface area contributed by atoms with E-state index in [9.17, 15) is 9.59 Å². The van der Waals surface area contributed by atoms with E-state index in [1.54, 1.807) is 19.3 Å². The van der Waals surface area contributed by atoms with Crippen molar-refractivity contribution in [3.63, 3.8) is 0 Å². The fourth-order valence-electron chi connectivity index (χ4n) is 5.12. The lowest BCUT2D eigenvalue weighted by Gasteiger charge is -2.49. The third kappa shape index (κ3) is 4.19. The molecule has 29 heavy (non-hydrogen) atoms. The highest BCUT2D eigenvalue weighted by Gasteiger charge is 2.45. The highest BCUT2D eigenvalue weighted by atomic mass is 16.2. The zero-order valence-corrected chi connectivity index (χ0v) is 17.0. The molecule has 3 heterocycles. The molecule has 4 rings (SSSR count). The van der Waals surface area contributed by atoms with Crippen LogP contribution in [0.25, 0.3) is 0 Å². The number of amides is 2. The van der Waals surface area contributed by atoms with Gasteiger partial charge in [0.25, 0.3) is 0 Å². The molecule has 0 N–H and O–H groups in total. The van der Waals surface area contributed by atoms with Gasteiger partial charge in [-0.2, -0.15) is 0 Å². The monoisotopic (exact) mass is 391 g/mol. The molecule has 1 aromatic heterocycles. The van der Waals surface area contributed by atoms with Crippen molar-refractivity contribution in [2.45, 2.75) is 57.0 Å². The average Bonchev–Trinajstić information content (AvgIpc) is 2.97. The summed E-state index contributed by atoms with van der Waals surface area (Å²) in [6.07, 6.45) is 7.74. The maximum Gasteiger partial charge on any atom is 0.227 e. The fraction of sp³-hybridized carbons (Fsp3) is 0.458. The molecule has 2 aliphatic rings. The van der Waals surface area contributed by atoms with Gasteiger partial charge in [0.05, 0.1) is 18.5 Å². The predicted octanol–water partition coefficient (Wildman–Crippen LogP) is 3.41. The molecule has 0 bridgehead atoms. The molecule has 0 spiro atoms. The number of benzene rings is 1. The number of hydrogen-bond donors (Lipinski definition) is 0. The number of piperidine rings is 1. The molecule has 2 aliphatic heterocycles. The van der Waals surface area contributed by atoms with Crippen molar-refractivity contribution in [3.8, 4) is 0 Å². The number of hydrogen-bond acceptors (Lipinski definition) is 3. The van der Waals surface area contributed by atoms with E-state index >= 15 is 0 Å². The van der Waals surface area contributed by atoms with Crippen molar-refractivity contribution in [2.24, 2.45) is 0 Å². The summed E-state index contributed by atoms with van der Waals surface area (Å²) in [7, 11) is 0.